The topological polar surface area (TPSA) is 49.4 Å². The van der Waals surface area contributed by atoms with Gasteiger partial charge in [-0.15, -0.1) is 0 Å². The average molecular weight is 421 g/mol. The molecule has 4 rings (SSSR count). The molecule has 2 atom stereocenters. The van der Waals surface area contributed by atoms with Gasteiger partial charge in [-0.2, -0.15) is 0 Å². The van der Waals surface area contributed by atoms with Crippen LogP contribution in [0.1, 0.15) is 54.1 Å². The van der Waals surface area contributed by atoms with Crippen LogP contribution in [-0.2, 0) is 4.79 Å². The maximum absolute atomic E-state index is 13.0. The molecule has 30 heavy (non-hydrogen) atoms. The predicted octanol–water partition coefficient (Wildman–Crippen LogP) is 5.41. The number of carbonyl (C=O) groups is 2. The van der Waals surface area contributed by atoms with Crippen molar-refractivity contribution >= 4 is 35.3 Å². The van der Waals surface area contributed by atoms with Gasteiger partial charge in [0.15, 0.2) is 0 Å². The molecule has 0 bridgehead atoms. The van der Waals surface area contributed by atoms with E-state index in [1.165, 1.54) is 31.0 Å². The Morgan fingerprint density at radius 2 is 1.93 bits per heavy atom. The van der Waals surface area contributed by atoms with Crippen molar-refractivity contribution in [2.45, 2.75) is 50.5 Å². The third-order valence-corrected chi connectivity index (χ3v) is 7.30. The minimum atomic E-state index is -0.0522. The number of nitrogens with zero attached hydrogens (tertiary/aromatic N) is 1. The summed E-state index contributed by atoms with van der Waals surface area (Å²) in [7, 11) is 1.78. The molecule has 2 amide bonds. The van der Waals surface area contributed by atoms with Gasteiger partial charge in [-0.1, -0.05) is 55.8 Å². The van der Waals surface area contributed by atoms with E-state index in [9.17, 15) is 9.59 Å². The van der Waals surface area contributed by atoms with Crippen LogP contribution in [0, 0.1) is 12.8 Å². The molecule has 4 nitrogen and oxygen atoms in total. The van der Waals surface area contributed by atoms with Crippen molar-refractivity contribution in [1.82, 2.24) is 5.32 Å². The normalized spacial score (nSPS) is 22.7. The largest absolute Gasteiger partial charge is 0.349 e. The highest BCUT2D eigenvalue weighted by atomic mass is 32.2. The number of amides is 2. The molecule has 0 saturated heterocycles. The first-order valence-corrected chi connectivity index (χ1v) is 11.4. The van der Waals surface area contributed by atoms with Gasteiger partial charge >= 0.3 is 0 Å². The number of hydrogen-bond donors (Lipinski definition) is 1. The van der Waals surface area contributed by atoms with Gasteiger partial charge in [0.05, 0.1) is 10.6 Å². The number of likely N-dealkylation sites (N-methyl/N-ethyl adjacent to an activating group) is 1. The van der Waals surface area contributed by atoms with Crippen LogP contribution in [0.15, 0.2) is 52.3 Å². The van der Waals surface area contributed by atoms with Crippen LogP contribution in [0.2, 0.25) is 0 Å². The van der Waals surface area contributed by atoms with Gasteiger partial charge in [0.2, 0.25) is 0 Å². The molecule has 1 aliphatic carbocycles. The number of rotatable bonds is 3. The zero-order valence-corrected chi connectivity index (χ0v) is 18.6. The molecule has 0 radical (unpaired) electrons. The van der Waals surface area contributed by atoms with Crippen LogP contribution in [0.4, 0.5) is 5.69 Å². The van der Waals surface area contributed by atoms with Gasteiger partial charge < -0.3 is 10.2 Å². The molecular weight excluding hydrogens is 392 g/mol. The Labute approximate surface area is 182 Å². The second-order valence-electron chi connectivity index (χ2n) is 8.36. The summed E-state index contributed by atoms with van der Waals surface area (Å²) >= 11 is 1.47. The second-order valence-corrected chi connectivity index (χ2v) is 9.44. The third kappa shape index (κ3) is 4.17. The molecule has 1 aliphatic heterocycles. The molecule has 1 saturated carbocycles. The zero-order valence-electron chi connectivity index (χ0n) is 17.8. The molecular formula is C25H28N2O2S. The predicted molar refractivity (Wildman–Crippen MR) is 124 cm³/mol. The quantitative estimate of drug-likeness (QED) is 0.675. The van der Waals surface area contributed by atoms with Gasteiger partial charge in [0.1, 0.15) is 0 Å². The van der Waals surface area contributed by atoms with Crippen molar-refractivity contribution in [3.63, 3.8) is 0 Å². The summed E-state index contributed by atoms with van der Waals surface area (Å²) in [6.07, 6.45) is 6.57. The molecule has 0 aromatic heterocycles. The standard InChI is InChI=1S/C25H28N2O2S/c1-16-8-4-6-10-18(16)15-23-25(29)27(3)21-14-19(12-13-22(21)30-23)24(28)26-20-11-7-5-9-17(20)2/h4,6,8,10,12-15,17,20H,5,7,9,11H2,1-3H3,(H,26,28)/b23-15-/t17-,20+/m1/s1. The van der Waals surface area contributed by atoms with Crippen LogP contribution >= 0.6 is 11.8 Å². The lowest BCUT2D eigenvalue weighted by Gasteiger charge is -2.30. The van der Waals surface area contributed by atoms with Crippen molar-refractivity contribution in [3.8, 4) is 0 Å². The number of benzene rings is 2. The van der Waals surface area contributed by atoms with Crippen LogP contribution < -0.4 is 10.2 Å². The van der Waals surface area contributed by atoms with Crippen molar-refractivity contribution in [3.05, 3.63) is 64.1 Å². The number of thioether (sulfide) groups is 1. The molecule has 2 aromatic rings. The molecule has 0 spiro atoms. The summed E-state index contributed by atoms with van der Waals surface area (Å²) in [4.78, 5) is 29.1. The first kappa shape index (κ1) is 20.7. The fourth-order valence-corrected chi connectivity index (χ4v) is 5.29. The lowest BCUT2D eigenvalue weighted by atomic mass is 9.86. The van der Waals surface area contributed by atoms with Gasteiger partial charge in [0, 0.05) is 23.5 Å². The average Bonchev–Trinajstić information content (AvgIpc) is 2.74. The first-order chi connectivity index (χ1) is 14.4. The summed E-state index contributed by atoms with van der Waals surface area (Å²) in [6, 6.07) is 13.9. The summed E-state index contributed by atoms with van der Waals surface area (Å²) < 4.78 is 0. The van der Waals surface area contributed by atoms with E-state index >= 15 is 0 Å². The number of aryl methyl sites for hydroxylation is 1. The minimum absolute atomic E-state index is 0.0470. The number of hydrogen-bond acceptors (Lipinski definition) is 3. The van der Waals surface area contributed by atoms with Gasteiger partial charge in [-0.3, -0.25) is 9.59 Å². The van der Waals surface area contributed by atoms with E-state index in [2.05, 4.69) is 12.2 Å². The molecule has 2 aromatic carbocycles. The van der Waals surface area contributed by atoms with E-state index in [1.807, 2.05) is 55.5 Å². The lowest BCUT2D eigenvalue weighted by molar-refractivity contribution is -0.114. The Hall–Kier alpha value is -2.53. The van der Waals surface area contributed by atoms with Crippen LogP contribution in [0.25, 0.3) is 6.08 Å². The van der Waals surface area contributed by atoms with E-state index in [0.29, 0.717) is 16.4 Å². The minimum Gasteiger partial charge on any atom is -0.349 e. The number of anilines is 1. The van der Waals surface area contributed by atoms with E-state index in [4.69, 9.17) is 0 Å². The maximum Gasteiger partial charge on any atom is 0.264 e. The Bertz CT molecular complexity index is 1010. The van der Waals surface area contributed by atoms with Crippen molar-refractivity contribution in [2.24, 2.45) is 5.92 Å². The Kier molecular flexibility index (Phi) is 6.00. The van der Waals surface area contributed by atoms with Gasteiger partial charge in [-0.05, 0) is 61.1 Å². The summed E-state index contributed by atoms with van der Waals surface area (Å²) in [5.74, 6) is 0.409. The highest BCUT2D eigenvalue weighted by Crippen LogP contribution is 2.42. The number of nitrogens with one attached hydrogen (secondary N) is 1. The van der Waals surface area contributed by atoms with Crippen molar-refractivity contribution < 1.29 is 9.59 Å². The van der Waals surface area contributed by atoms with E-state index in [0.717, 1.165) is 28.1 Å². The molecule has 0 unspecified atom stereocenters. The smallest absolute Gasteiger partial charge is 0.264 e. The molecule has 5 heteroatoms. The second kappa shape index (κ2) is 8.68. The Balaban J connectivity index is 1.57. The molecule has 1 N–H and O–H groups in total. The summed E-state index contributed by atoms with van der Waals surface area (Å²) in [5, 5.41) is 3.20. The van der Waals surface area contributed by atoms with Crippen LogP contribution in [0.3, 0.4) is 0 Å². The van der Waals surface area contributed by atoms with E-state index in [-0.39, 0.29) is 17.9 Å². The van der Waals surface area contributed by atoms with Gasteiger partial charge in [-0.25, -0.2) is 0 Å². The Morgan fingerprint density at radius 1 is 1.17 bits per heavy atom. The molecule has 156 valence electrons. The lowest BCUT2D eigenvalue weighted by Crippen LogP contribution is -2.41. The van der Waals surface area contributed by atoms with Crippen molar-refractivity contribution in [1.29, 1.82) is 0 Å². The highest BCUT2D eigenvalue weighted by molar-refractivity contribution is 8.04. The summed E-state index contributed by atoms with van der Waals surface area (Å²) in [6.45, 7) is 4.25. The fourth-order valence-electron chi connectivity index (χ4n) is 4.21. The highest BCUT2D eigenvalue weighted by Gasteiger charge is 2.28. The number of fused-ring (bicyclic) bond motifs is 1. The number of carbonyl (C=O) groups excluding carboxylic acids is 2. The van der Waals surface area contributed by atoms with Crippen LogP contribution in [-0.4, -0.2) is 24.9 Å². The zero-order chi connectivity index (χ0) is 21.3. The first-order valence-electron chi connectivity index (χ1n) is 10.6. The fraction of sp³-hybridized carbons (Fsp3) is 0.360. The maximum atomic E-state index is 13.0. The Morgan fingerprint density at radius 3 is 2.70 bits per heavy atom. The monoisotopic (exact) mass is 420 g/mol. The van der Waals surface area contributed by atoms with Crippen molar-refractivity contribution in [2.75, 3.05) is 11.9 Å². The van der Waals surface area contributed by atoms with Gasteiger partial charge in [0.25, 0.3) is 11.8 Å². The molecule has 2 aliphatic rings. The van der Waals surface area contributed by atoms with E-state index < -0.39 is 0 Å². The molecule has 1 heterocycles. The summed E-state index contributed by atoms with van der Waals surface area (Å²) in [5.41, 5.74) is 3.58. The van der Waals surface area contributed by atoms with E-state index in [1.54, 1.807) is 11.9 Å². The SMILES string of the molecule is Cc1ccccc1/C=C1\Sc2ccc(C(=O)N[C@H]3CCCC[C@H]3C)cc2N(C)C1=O. The molecule has 1 fully saturated rings. The third-order valence-electron chi connectivity index (χ3n) is 6.22. The van der Waals surface area contributed by atoms with Crippen LogP contribution in [0.5, 0.6) is 0 Å².